The van der Waals surface area contributed by atoms with E-state index in [4.69, 9.17) is 0 Å². The van der Waals surface area contributed by atoms with Gasteiger partial charge in [0, 0.05) is 12.7 Å². The Kier molecular flexibility index (Phi) is 1.13. The van der Waals surface area contributed by atoms with Gasteiger partial charge in [-0.05, 0) is 33.3 Å². The van der Waals surface area contributed by atoms with Gasteiger partial charge in [-0.15, -0.1) is 0 Å². The molecular weight excluding hydrogens is 110 g/mol. The summed E-state index contributed by atoms with van der Waals surface area (Å²) in [6, 6.07) is 0. The number of likely N-dealkylation sites (N-methyl/N-ethyl adjacent to an activating group) is 1. The molecule has 0 bridgehead atoms. The van der Waals surface area contributed by atoms with Crippen molar-refractivity contribution >= 4 is 0 Å². The molecule has 0 N–H and O–H groups in total. The lowest BCUT2D eigenvalue weighted by atomic mass is 9.84. The largest absolute Gasteiger partial charge is 0.369 e. The summed E-state index contributed by atoms with van der Waals surface area (Å²) in [7, 11) is 2.14. The first-order valence-corrected chi connectivity index (χ1v) is 3.39. The first kappa shape index (κ1) is 6.66. The predicted octanol–water partition coefficient (Wildman–Crippen LogP) is 2.00. The molecule has 0 aromatic carbocycles. The van der Waals surface area contributed by atoms with Crippen molar-refractivity contribution in [3.8, 4) is 0 Å². The van der Waals surface area contributed by atoms with Crippen LogP contribution in [0.1, 0.15) is 27.7 Å². The molecule has 0 aromatic heterocycles. The number of hydrogen-bond acceptors (Lipinski definition) is 1. The monoisotopic (exact) mass is 125 g/mol. The molecule has 1 rings (SSSR count). The molecule has 0 atom stereocenters. The first-order chi connectivity index (χ1) is 3.98. The normalized spacial score (nSPS) is 24.3. The zero-order valence-corrected chi connectivity index (χ0v) is 6.95. The third kappa shape index (κ3) is 0.606. The Morgan fingerprint density at radius 1 is 1.22 bits per heavy atom. The van der Waals surface area contributed by atoms with E-state index in [1.165, 1.54) is 11.3 Å². The van der Waals surface area contributed by atoms with Gasteiger partial charge in [-0.1, -0.05) is 0 Å². The Bertz CT molecular complexity index is 165. The molecule has 0 spiro atoms. The lowest BCUT2D eigenvalue weighted by Gasteiger charge is -2.49. The first-order valence-electron chi connectivity index (χ1n) is 3.39. The van der Waals surface area contributed by atoms with Crippen LogP contribution in [0.25, 0.3) is 0 Å². The number of hydrogen-bond donors (Lipinski definition) is 0. The van der Waals surface area contributed by atoms with E-state index in [0.717, 1.165) is 0 Å². The summed E-state index contributed by atoms with van der Waals surface area (Å²) in [5.74, 6) is 0. The van der Waals surface area contributed by atoms with Crippen LogP contribution in [0.4, 0.5) is 0 Å². The maximum Gasteiger partial charge on any atom is 0.0568 e. The standard InChI is InChI=1S/C8H15N/c1-6-7(2)9(5)8(6,3)4/h1-5H3. The summed E-state index contributed by atoms with van der Waals surface area (Å²) in [5, 5.41) is 0. The molecule has 0 radical (unpaired) electrons. The molecule has 1 aliphatic heterocycles. The van der Waals surface area contributed by atoms with Crippen LogP contribution < -0.4 is 0 Å². The van der Waals surface area contributed by atoms with E-state index in [9.17, 15) is 0 Å². The van der Waals surface area contributed by atoms with Gasteiger partial charge in [0.25, 0.3) is 0 Å². The molecule has 1 aliphatic rings. The quantitative estimate of drug-likeness (QED) is 0.478. The zero-order valence-electron chi connectivity index (χ0n) is 6.95. The topological polar surface area (TPSA) is 3.24 Å². The summed E-state index contributed by atoms with van der Waals surface area (Å²) >= 11 is 0. The molecule has 0 saturated carbocycles. The summed E-state index contributed by atoms with van der Waals surface area (Å²) in [4.78, 5) is 2.31. The van der Waals surface area contributed by atoms with Gasteiger partial charge in [0.1, 0.15) is 0 Å². The molecule has 52 valence electrons. The van der Waals surface area contributed by atoms with E-state index in [1.54, 1.807) is 0 Å². The van der Waals surface area contributed by atoms with Crippen LogP contribution in [-0.2, 0) is 0 Å². The highest BCUT2D eigenvalue weighted by molar-refractivity contribution is 5.32. The van der Waals surface area contributed by atoms with E-state index < -0.39 is 0 Å². The van der Waals surface area contributed by atoms with E-state index in [2.05, 4.69) is 39.6 Å². The van der Waals surface area contributed by atoms with Crippen molar-refractivity contribution in [3.63, 3.8) is 0 Å². The van der Waals surface area contributed by atoms with Gasteiger partial charge in [-0.25, -0.2) is 0 Å². The van der Waals surface area contributed by atoms with Gasteiger partial charge in [0.05, 0.1) is 5.54 Å². The molecule has 0 amide bonds. The van der Waals surface area contributed by atoms with Gasteiger partial charge in [-0.2, -0.15) is 0 Å². The fourth-order valence-electron chi connectivity index (χ4n) is 1.31. The summed E-state index contributed by atoms with van der Waals surface area (Å²) in [5.41, 5.74) is 3.27. The second-order valence-electron chi connectivity index (χ2n) is 3.33. The van der Waals surface area contributed by atoms with Crippen molar-refractivity contribution in [2.45, 2.75) is 33.2 Å². The Morgan fingerprint density at radius 2 is 1.67 bits per heavy atom. The van der Waals surface area contributed by atoms with Crippen LogP contribution in [0.5, 0.6) is 0 Å². The lowest BCUT2D eigenvalue weighted by molar-refractivity contribution is 0.185. The van der Waals surface area contributed by atoms with Crippen LogP contribution in [-0.4, -0.2) is 17.5 Å². The Balaban J connectivity index is 2.92. The van der Waals surface area contributed by atoms with E-state index >= 15 is 0 Å². The maximum atomic E-state index is 2.31. The average Bonchev–Trinajstić information content (AvgIpc) is 1.84. The van der Waals surface area contributed by atoms with Crippen LogP contribution in [0.3, 0.4) is 0 Å². The fraction of sp³-hybridized carbons (Fsp3) is 0.750. The van der Waals surface area contributed by atoms with Gasteiger partial charge in [-0.3, -0.25) is 0 Å². The average molecular weight is 125 g/mol. The molecule has 1 nitrogen and oxygen atoms in total. The minimum absolute atomic E-state index is 0.323. The van der Waals surface area contributed by atoms with Crippen molar-refractivity contribution in [1.82, 2.24) is 4.90 Å². The molecule has 0 aromatic rings. The summed E-state index contributed by atoms with van der Waals surface area (Å²) < 4.78 is 0. The Hall–Kier alpha value is -0.460. The lowest BCUT2D eigenvalue weighted by Crippen LogP contribution is -2.50. The second-order valence-corrected chi connectivity index (χ2v) is 3.33. The maximum absolute atomic E-state index is 2.31. The van der Waals surface area contributed by atoms with Crippen LogP contribution in [0.2, 0.25) is 0 Å². The van der Waals surface area contributed by atoms with Crippen molar-refractivity contribution in [2.75, 3.05) is 7.05 Å². The molecular formula is C8H15N. The van der Waals surface area contributed by atoms with E-state index in [-0.39, 0.29) is 0 Å². The minimum atomic E-state index is 0.323. The van der Waals surface area contributed by atoms with Gasteiger partial charge in [0.15, 0.2) is 0 Å². The molecule has 9 heavy (non-hydrogen) atoms. The van der Waals surface area contributed by atoms with Crippen LogP contribution in [0, 0.1) is 0 Å². The third-order valence-corrected chi connectivity index (χ3v) is 2.80. The predicted molar refractivity (Wildman–Crippen MR) is 40.2 cm³/mol. The van der Waals surface area contributed by atoms with E-state index in [1.807, 2.05) is 0 Å². The van der Waals surface area contributed by atoms with Crippen LogP contribution in [0.15, 0.2) is 11.3 Å². The fourth-order valence-corrected chi connectivity index (χ4v) is 1.31. The van der Waals surface area contributed by atoms with Gasteiger partial charge >= 0.3 is 0 Å². The molecule has 0 unspecified atom stereocenters. The number of rotatable bonds is 0. The Labute approximate surface area is 57.4 Å². The van der Waals surface area contributed by atoms with Crippen molar-refractivity contribution in [3.05, 3.63) is 11.3 Å². The van der Waals surface area contributed by atoms with Crippen molar-refractivity contribution in [2.24, 2.45) is 0 Å². The molecule has 0 fully saturated rings. The van der Waals surface area contributed by atoms with Gasteiger partial charge in [0.2, 0.25) is 0 Å². The Morgan fingerprint density at radius 3 is 1.78 bits per heavy atom. The second kappa shape index (κ2) is 1.53. The SMILES string of the molecule is CC1=C(C)C(C)(C)N1C. The van der Waals surface area contributed by atoms with Crippen molar-refractivity contribution < 1.29 is 0 Å². The number of nitrogens with zero attached hydrogens (tertiary/aromatic N) is 1. The highest BCUT2D eigenvalue weighted by atomic mass is 15.2. The molecule has 0 saturated heterocycles. The highest BCUT2D eigenvalue weighted by Gasteiger charge is 2.36. The molecule has 1 heteroatoms. The number of allylic oxidation sites excluding steroid dienone is 1. The molecule has 0 aliphatic carbocycles. The smallest absolute Gasteiger partial charge is 0.0568 e. The summed E-state index contributed by atoms with van der Waals surface area (Å²) in [6.07, 6.45) is 0. The van der Waals surface area contributed by atoms with Crippen LogP contribution >= 0.6 is 0 Å². The molecule has 1 heterocycles. The van der Waals surface area contributed by atoms with Gasteiger partial charge < -0.3 is 4.90 Å². The minimum Gasteiger partial charge on any atom is -0.369 e. The zero-order chi connectivity index (χ0) is 7.23. The van der Waals surface area contributed by atoms with Crippen molar-refractivity contribution in [1.29, 1.82) is 0 Å². The van der Waals surface area contributed by atoms with E-state index in [0.29, 0.717) is 5.54 Å². The highest BCUT2D eigenvalue weighted by Crippen LogP contribution is 2.37. The summed E-state index contributed by atoms with van der Waals surface area (Å²) in [6.45, 7) is 8.86. The third-order valence-electron chi connectivity index (χ3n) is 2.80.